The lowest BCUT2D eigenvalue weighted by atomic mass is 10.1. The Morgan fingerprint density at radius 1 is 1.32 bits per heavy atom. The van der Waals surface area contributed by atoms with Crippen LogP contribution in [0.1, 0.15) is 11.1 Å². The van der Waals surface area contributed by atoms with Gasteiger partial charge >= 0.3 is 0 Å². The molecule has 0 spiro atoms. The van der Waals surface area contributed by atoms with E-state index in [-0.39, 0.29) is 0 Å². The summed E-state index contributed by atoms with van der Waals surface area (Å²) in [6.45, 7) is 0.381. The fourth-order valence-corrected chi connectivity index (χ4v) is 2.69. The number of nitrogens with one attached hydrogen (secondary N) is 1. The average Bonchev–Trinajstić information content (AvgIpc) is 3.03. The van der Waals surface area contributed by atoms with Crippen molar-refractivity contribution in [2.24, 2.45) is 5.10 Å². The Morgan fingerprint density at radius 2 is 2.20 bits per heavy atom. The van der Waals surface area contributed by atoms with E-state index in [0.29, 0.717) is 11.4 Å². The number of aromatic nitrogens is 3. The van der Waals surface area contributed by atoms with E-state index in [1.54, 1.807) is 13.3 Å². The lowest BCUT2D eigenvalue weighted by Crippen LogP contribution is -2.00. The molecule has 0 aliphatic heterocycles. The van der Waals surface area contributed by atoms with Gasteiger partial charge in [0.25, 0.3) is 0 Å². The fourth-order valence-electron chi connectivity index (χ4n) is 2.16. The first kappa shape index (κ1) is 17.4. The Balaban J connectivity index is 1.79. The number of hydrogen-bond donors (Lipinski definition) is 1. The largest absolute Gasteiger partial charge is 0.496 e. The average molecular weight is 419 g/mol. The first-order chi connectivity index (χ1) is 12.2. The minimum atomic E-state index is 0.381. The highest BCUT2D eigenvalue weighted by atomic mass is 79.9. The summed E-state index contributed by atoms with van der Waals surface area (Å²) in [6.07, 6.45) is 3.22. The molecule has 3 aromatic rings. The maximum absolute atomic E-state index is 5.85. The van der Waals surface area contributed by atoms with E-state index in [4.69, 9.17) is 21.7 Å². The molecule has 0 atom stereocenters. The summed E-state index contributed by atoms with van der Waals surface area (Å²) in [7, 11) is 1.64. The molecule has 0 bridgehead atoms. The van der Waals surface area contributed by atoms with Gasteiger partial charge in [-0.2, -0.15) is 14.9 Å². The van der Waals surface area contributed by atoms with Crippen molar-refractivity contribution in [3.05, 3.63) is 69.2 Å². The van der Waals surface area contributed by atoms with Crippen LogP contribution in [0.3, 0.4) is 0 Å². The number of halogens is 1. The van der Waals surface area contributed by atoms with Gasteiger partial charge in [0.15, 0.2) is 0 Å². The minimum absolute atomic E-state index is 0.381. The molecule has 1 N–H and O–H groups in total. The van der Waals surface area contributed by atoms with Crippen molar-refractivity contribution in [2.45, 2.75) is 6.61 Å². The summed E-state index contributed by atoms with van der Waals surface area (Å²) in [5.41, 5.74) is 1.82. The van der Waals surface area contributed by atoms with Crippen LogP contribution in [0.25, 0.3) is 0 Å². The zero-order valence-corrected chi connectivity index (χ0v) is 15.8. The molecule has 25 heavy (non-hydrogen) atoms. The van der Waals surface area contributed by atoms with Crippen LogP contribution in [-0.2, 0) is 6.61 Å². The highest BCUT2D eigenvalue weighted by Crippen LogP contribution is 2.23. The van der Waals surface area contributed by atoms with Crippen LogP contribution in [0.2, 0.25) is 0 Å². The molecule has 0 aliphatic carbocycles. The third kappa shape index (κ3) is 4.55. The number of nitrogens with zero attached hydrogens (tertiary/aromatic N) is 3. The van der Waals surface area contributed by atoms with Crippen LogP contribution < -0.4 is 9.47 Å². The number of rotatable bonds is 6. The number of methoxy groups -OCH3 is 1. The van der Waals surface area contributed by atoms with Gasteiger partial charge in [-0.05, 0) is 54.2 Å². The Bertz CT molecular complexity index is 952. The zero-order valence-electron chi connectivity index (χ0n) is 13.3. The van der Waals surface area contributed by atoms with Crippen molar-refractivity contribution >= 4 is 34.4 Å². The lowest BCUT2D eigenvalue weighted by molar-refractivity contribution is 0.296. The summed E-state index contributed by atoms with van der Waals surface area (Å²) in [5, 5.41) is 10.7. The molecule has 6 nitrogen and oxygen atoms in total. The maximum Gasteiger partial charge on any atom is 0.216 e. The van der Waals surface area contributed by atoms with E-state index >= 15 is 0 Å². The summed E-state index contributed by atoms with van der Waals surface area (Å²) < 4.78 is 14.1. The van der Waals surface area contributed by atoms with Gasteiger partial charge in [0.2, 0.25) is 4.77 Å². The van der Waals surface area contributed by atoms with Crippen LogP contribution in [0.15, 0.2) is 58.4 Å². The molecular formula is C17H15BrN4O2S. The second kappa shape index (κ2) is 8.09. The van der Waals surface area contributed by atoms with Crippen molar-refractivity contribution in [3.8, 4) is 11.5 Å². The van der Waals surface area contributed by atoms with Gasteiger partial charge in [-0.3, -0.25) is 5.10 Å². The summed E-state index contributed by atoms with van der Waals surface area (Å²) >= 11 is 8.49. The van der Waals surface area contributed by atoms with E-state index < -0.39 is 0 Å². The first-order valence-corrected chi connectivity index (χ1v) is 8.57. The van der Waals surface area contributed by atoms with E-state index in [2.05, 4.69) is 31.2 Å². The topological polar surface area (TPSA) is 64.4 Å². The van der Waals surface area contributed by atoms with Gasteiger partial charge in [-0.15, -0.1) is 0 Å². The number of ether oxygens (including phenoxy) is 2. The van der Waals surface area contributed by atoms with Gasteiger partial charge in [-0.1, -0.05) is 22.0 Å². The normalized spacial score (nSPS) is 11.0. The number of H-pyrrole nitrogens is 1. The second-order valence-electron chi connectivity index (χ2n) is 5.07. The van der Waals surface area contributed by atoms with Crippen LogP contribution in [-0.4, -0.2) is 28.2 Å². The van der Waals surface area contributed by atoms with E-state index in [1.165, 1.54) is 11.0 Å². The van der Waals surface area contributed by atoms with E-state index in [9.17, 15) is 0 Å². The maximum atomic E-state index is 5.85. The molecule has 1 heterocycles. The van der Waals surface area contributed by atoms with Gasteiger partial charge in [0, 0.05) is 10.0 Å². The zero-order chi connectivity index (χ0) is 17.6. The molecule has 1 aromatic heterocycles. The predicted molar refractivity (Wildman–Crippen MR) is 102 cm³/mol. The Labute approximate surface area is 158 Å². The Morgan fingerprint density at radius 3 is 2.92 bits per heavy atom. The monoisotopic (exact) mass is 418 g/mol. The molecule has 0 saturated heterocycles. The highest BCUT2D eigenvalue weighted by molar-refractivity contribution is 9.10. The second-order valence-corrected chi connectivity index (χ2v) is 6.37. The van der Waals surface area contributed by atoms with Crippen LogP contribution in [0.5, 0.6) is 11.5 Å². The number of benzene rings is 2. The van der Waals surface area contributed by atoms with Gasteiger partial charge in [0.1, 0.15) is 24.4 Å². The molecule has 8 heteroatoms. The molecule has 128 valence electrons. The highest BCUT2D eigenvalue weighted by Gasteiger charge is 2.06. The van der Waals surface area contributed by atoms with Gasteiger partial charge in [0.05, 0.1) is 13.3 Å². The molecule has 0 amide bonds. The first-order valence-electron chi connectivity index (χ1n) is 7.37. The van der Waals surface area contributed by atoms with Crippen LogP contribution in [0, 0.1) is 4.77 Å². The molecule has 0 fully saturated rings. The van der Waals surface area contributed by atoms with Crippen LogP contribution in [0.4, 0.5) is 0 Å². The fraction of sp³-hybridized carbons (Fsp3) is 0.118. The van der Waals surface area contributed by atoms with Gasteiger partial charge < -0.3 is 9.47 Å². The third-order valence-electron chi connectivity index (χ3n) is 3.36. The van der Waals surface area contributed by atoms with Gasteiger partial charge in [-0.25, -0.2) is 0 Å². The summed E-state index contributed by atoms with van der Waals surface area (Å²) in [6, 6.07) is 13.5. The standard InChI is InChI=1S/C17H15BrN4O2S/c1-23-16-6-5-12(9-20-22-11-19-21-17(22)25)7-13(16)10-24-15-4-2-3-14(18)8-15/h2-9,11H,10H2,1H3,(H,21,25)/b20-9-. The Hall–Kier alpha value is -2.45. The van der Waals surface area contributed by atoms with Crippen molar-refractivity contribution in [1.82, 2.24) is 14.9 Å². The van der Waals surface area contributed by atoms with Crippen molar-refractivity contribution in [1.29, 1.82) is 0 Å². The molecule has 3 rings (SSSR count). The lowest BCUT2D eigenvalue weighted by Gasteiger charge is -2.11. The SMILES string of the molecule is COc1ccc(/C=N\n2cn[nH]c2=S)cc1COc1cccc(Br)c1. The quantitative estimate of drug-likeness (QED) is 0.481. The molecule has 0 radical (unpaired) electrons. The van der Waals surface area contributed by atoms with Crippen molar-refractivity contribution in [2.75, 3.05) is 7.11 Å². The van der Waals surface area contributed by atoms with E-state index in [1.807, 2.05) is 42.5 Å². The molecule has 2 aromatic carbocycles. The van der Waals surface area contributed by atoms with Crippen LogP contribution >= 0.6 is 28.1 Å². The van der Waals surface area contributed by atoms with Crippen molar-refractivity contribution in [3.63, 3.8) is 0 Å². The summed E-state index contributed by atoms with van der Waals surface area (Å²) in [4.78, 5) is 0. The number of hydrogen-bond acceptors (Lipinski definition) is 5. The number of aromatic amines is 1. The molecule has 0 aliphatic rings. The Kier molecular flexibility index (Phi) is 5.62. The predicted octanol–water partition coefficient (Wildman–Crippen LogP) is 4.17. The molecular weight excluding hydrogens is 404 g/mol. The summed E-state index contributed by atoms with van der Waals surface area (Å²) in [5.74, 6) is 1.53. The van der Waals surface area contributed by atoms with Crippen molar-refractivity contribution < 1.29 is 9.47 Å². The smallest absolute Gasteiger partial charge is 0.216 e. The minimum Gasteiger partial charge on any atom is -0.496 e. The van der Waals surface area contributed by atoms with E-state index in [0.717, 1.165) is 27.1 Å². The molecule has 0 unspecified atom stereocenters. The molecule has 0 saturated carbocycles. The third-order valence-corrected chi connectivity index (χ3v) is 4.13.